The van der Waals surface area contributed by atoms with Crippen LogP contribution in [0.4, 0.5) is 5.69 Å². The van der Waals surface area contributed by atoms with Crippen molar-refractivity contribution in [2.75, 3.05) is 11.9 Å². The molecule has 26 heavy (non-hydrogen) atoms. The largest absolute Gasteiger partial charge is 0.478 e. The minimum Gasteiger partial charge on any atom is -0.478 e. The molecular formula is C22H36ClNO2. The van der Waals surface area contributed by atoms with Crippen LogP contribution < -0.4 is 5.32 Å². The van der Waals surface area contributed by atoms with E-state index in [0.717, 1.165) is 30.5 Å². The maximum absolute atomic E-state index is 10.9. The van der Waals surface area contributed by atoms with E-state index in [1.54, 1.807) is 12.1 Å². The van der Waals surface area contributed by atoms with Crippen molar-refractivity contribution < 1.29 is 9.90 Å². The van der Waals surface area contributed by atoms with Crippen LogP contribution in [0.1, 0.15) is 83.0 Å². The molecule has 0 heterocycles. The highest BCUT2D eigenvalue weighted by molar-refractivity contribution is 6.33. The van der Waals surface area contributed by atoms with Crippen molar-refractivity contribution in [2.45, 2.75) is 72.6 Å². The Balaban J connectivity index is 2.18. The van der Waals surface area contributed by atoms with Gasteiger partial charge < -0.3 is 10.4 Å². The summed E-state index contributed by atoms with van der Waals surface area (Å²) in [6.45, 7) is 10.1. The highest BCUT2D eigenvalue weighted by atomic mass is 35.5. The fourth-order valence-corrected chi connectivity index (χ4v) is 3.47. The van der Waals surface area contributed by atoms with Gasteiger partial charge in [-0.2, -0.15) is 0 Å². The molecule has 0 fully saturated rings. The van der Waals surface area contributed by atoms with Crippen molar-refractivity contribution in [1.29, 1.82) is 0 Å². The molecule has 0 radical (unpaired) electrons. The van der Waals surface area contributed by atoms with Crippen LogP contribution in [0.5, 0.6) is 0 Å². The van der Waals surface area contributed by atoms with E-state index in [9.17, 15) is 4.79 Å². The summed E-state index contributed by atoms with van der Waals surface area (Å²) in [7, 11) is 0. The van der Waals surface area contributed by atoms with E-state index < -0.39 is 5.97 Å². The number of carboxylic acid groups (broad SMARTS) is 1. The highest BCUT2D eigenvalue weighted by Crippen LogP contribution is 2.24. The summed E-state index contributed by atoms with van der Waals surface area (Å²) < 4.78 is 0. The molecule has 1 rings (SSSR count). The number of nitrogens with one attached hydrogen (secondary N) is 1. The van der Waals surface area contributed by atoms with Crippen LogP contribution in [-0.4, -0.2) is 17.6 Å². The average Bonchev–Trinajstić information content (AvgIpc) is 2.55. The van der Waals surface area contributed by atoms with Crippen LogP contribution >= 0.6 is 11.6 Å². The first kappa shape index (κ1) is 22.8. The molecule has 1 aromatic rings. The first-order valence-electron chi connectivity index (χ1n) is 10.1. The number of halogens is 1. The molecule has 2 atom stereocenters. The van der Waals surface area contributed by atoms with Crippen LogP contribution in [0.3, 0.4) is 0 Å². The van der Waals surface area contributed by atoms with Gasteiger partial charge in [-0.25, -0.2) is 4.79 Å². The maximum atomic E-state index is 10.9. The number of hydrogen-bond donors (Lipinski definition) is 2. The number of aromatic carboxylic acids is 1. The molecule has 0 spiro atoms. The first-order chi connectivity index (χ1) is 12.3. The Morgan fingerprint density at radius 3 is 2.12 bits per heavy atom. The molecule has 0 aliphatic rings. The standard InChI is InChI=1S/C22H36ClNO2/c1-16(2)7-5-8-17(3)9-6-10-18(4)13-14-24-21-12-11-19(22(25)26)15-20(21)23/h11-12,15-18,24H,5-10,13-14H2,1-4H3,(H,25,26). The van der Waals surface area contributed by atoms with Gasteiger partial charge in [0.05, 0.1) is 16.3 Å². The topological polar surface area (TPSA) is 49.3 Å². The second kappa shape index (κ2) is 12.2. The van der Waals surface area contributed by atoms with Crippen molar-refractivity contribution in [1.82, 2.24) is 0 Å². The number of rotatable bonds is 13. The normalized spacial score (nSPS) is 13.6. The lowest BCUT2D eigenvalue weighted by molar-refractivity contribution is 0.0697. The van der Waals surface area contributed by atoms with Crippen LogP contribution in [0.2, 0.25) is 5.02 Å². The van der Waals surface area contributed by atoms with Crippen LogP contribution in [0, 0.1) is 17.8 Å². The zero-order chi connectivity index (χ0) is 19.5. The van der Waals surface area contributed by atoms with E-state index in [-0.39, 0.29) is 5.56 Å². The second-order valence-electron chi connectivity index (χ2n) is 8.18. The van der Waals surface area contributed by atoms with E-state index >= 15 is 0 Å². The van der Waals surface area contributed by atoms with Crippen molar-refractivity contribution in [2.24, 2.45) is 17.8 Å². The Morgan fingerprint density at radius 1 is 1.00 bits per heavy atom. The molecule has 0 saturated carbocycles. The quantitative estimate of drug-likeness (QED) is 0.382. The minimum absolute atomic E-state index is 0.219. The highest BCUT2D eigenvalue weighted by Gasteiger charge is 2.09. The smallest absolute Gasteiger partial charge is 0.335 e. The molecule has 0 saturated heterocycles. The third-order valence-electron chi connectivity index (χ3n) is 5.04. The molecular weight excluding hydrogens is 346 g/mol. The summed E-state index contributed by atoms with van der Waals surface area (Å²) in [4.78, 5) is 10.9. The van der Waals surface area contributed by atoms with Crippen LogP contribution in [0.15, 0.2) is 18.2 Å². The van der Waals surface area contributed by atoms with Crippen molar-refractivity contribution >= 4 is 23.3 Å². The summed E-state index contributed by atoms with van der Waals surface area (Å²) in [6.07, 6.45) is 9.07. The van der Waals surface area contributed by atoms with Gasteiger partial charge in [0.15, 0.2) is 0 Å². The predicted octanol–water partition coefficient (Wildman–Crippen LogP) is 7.11. The van der Waals surface area contributed by atoms with Crippen molar-refractivity contribution in [3.05, 3.63) is 28.8 Å². The third-order valence-corrected chi connectivity index (χ3v) is 5.35. The molecule has 2 unspecified atom stereocenters. The van der Waals surface area contributed by atoms with Gasteiger partial charge in [0.25, 0.3) is 0 Å². The molecule has 0 amide bonds. The van der Waals surface area contributed by atoms with Crippen LogP contribution in [0.25, 0.3) is 0 Å². The van der Waals surface area contributed by atoms with Gasteiger partial charge >= 0.3 is 5.97 Å². The van der Waals surface area contributed by atoms with E-state index in [4.69, 9.17) is 16.7 Å². The van der Waals surface area contributed by atoms with Crippen molar-refractivity contribution in [3.63, 3.8) is 0 Å². The summed E-state index contributed by atoms with van der Waals surface area (Å²) in [6, 6.07) is 4.83. The van der Waals surface area contributed by atoms with Gasteiger partial charge in [-0.05, 0) is 42.4 Å². The van der Waals surface area contributed by atoms with Crippen LogP contribution in [-0.2, 0) is 0 Å². The molecule has 2 N–H and O–H groups in total. The first-order valence-corrected chi connectivity index (χ1v) is 10.4. The zero-order valence-corrected chi connectivity index (χ0v) is 17.6. The molecule has 148 valence electrons. The predicted molar refractivity (Wildman–Crippen MR) is 112 cm³/mol. The van der Waals surface area contributed by atoms with E-state index in [2.05, 4.69) is 33.0 Å². The second-order valence-corrected chi connectivity index (χ2v) is 8.59. The van der Waals surface area contributed by atoms with Gasteiger partial charge in [0.1, 0.15) is 0 Å². The Bertz CT molecular complexity index is 545. The van der Waals surface area contributed by atoms with E-state index in [1.165, 1.54) is 44.6 Å². The average molecular weight is 382 g/mol. The monoisotopic (exact) mass is 381 g/mol. The van der Waals surface area contributed by atoms with Gasteiger partial charge in [0.2, 0.25) is 0 Å². The number of hydrogen-bond acceptors (Lipinski definition) is 2. The van der Waals surface area contributed by atoms with Gasteiger partial charge in [-0.1, -0.05) is 77.8 Å². The minimum atomic E-state index is -0.953. The molecule has 3 nitrogen and oxygen atoms in total. The molecule has 1 aromatic carbocycles. The molecule has 4 heteroatoms. The van der Waals surface area contributed by atoms with Crippen molar-refractivity contribution in [3.8, 4) is 0 Å². The van der Waals surface area contributed by atoms with E-state index in [0.29, 0.717) is 10.9 Å². The number of carbonyl (C=O) groups is 1. The molecule has 0 aliphatic heterocycles. The Kier molecular flexibility index (Phi) is 10.7. The summed E-state index contributed by atoms with van der Waals surface area (Å²) in [5, 5.41) is 12.8. The Hall–Kier alpha value is -1.22. The third kappa shape index (κ3) is 9.47. The SMILES string of the molecule is CC(C)CCCC(C)CCCC(C)CCNc1ccc(C(=O)O)cc1Cl. The maximum Gasteiger partial charge on any atom is 0.335 e. The molecule has 0 aliphatic carbocycles. The molecule has 0 aromatic heterocycles. The Morgan fingerprint density at radius 2 is 1.58 bits per heavy atom. The summed E-state index contributed by atoms with van der Waals surface area (Å²) >= 11 is 6.14. The lowest BCUT2D eigenvalue weighted by Crippen LogP contribution is -2.08. The lowest BCUT2D eigenvalue weighted by atomic mass is 9.92. The fraction of sp³-hybridized carbons (Fsp3) is 0.682. The van der Waals surface area contributed by atoms with Gasteiger partial charge in [-0.15, -0.1) is 0 Å². The lowest BCUT2D eigenvalue weighted by Gasteiger charge is -2.16. The van der Waals surface area contributed by atoms with E-state index in [1.807, 2.05) is 0 Å². The number of benzene rings is 1. The zero-order valence-electron chi connectivity index (χ0n) is 16.9. The fourth-order valence-electron chi connectivity index (χ4n) is 3.22. The summed E-state index contributed by atoms with van der Waals surface area (Å²) in [5.74, 6) is 1.39. The van der Waals surface area contributed by atoms with Gasteiger partial charge in [-0.3, -0.25) is 0 Å². The summed E-state index contributed by atoms with van der Waals surface area (Å²) in [5.41, 5.74) is 1.03. The number of carboxylic acids is 1. The van der Waals surface area contributed by atoms with Gasteiger partial charge in [0, 0.05) is 6.54 Å². The molecule has 0 bridgehead atoms. The number of anilines is 1. The Labute approximate surface area is 164 Å².